The van der Waals surface area contributed by atoms with Gasteiger partial charge in [0.05, 0.1) is 23.6 Å². The Morgan fingerprint density at radius 3 is 2.76 bits per heavy atom. The van der Waals surface area contributed by atoms with Gasteiger partial charge in [0.15, 0.2) is 6.61 Å². The fourth-order valence-corrected chi connectivity index (χ4v) is 3.72. The second-order valence-corrected chi connectivity index (χ2v) is 8.44. The molecule has 2 fully saturated rings. The molecule has 2 aliphatic rings. The van der Waals surface area contributed by atoms with Crippen LogP contribution in [-0.4, -0.2) is 48.1 Å². The van der Waals surface area contributed by atoms with E-state index in [4.69, 9.17) is 25.5 Å². The smallest absolute Gasteiger partial charge is 0.414 e. The van der Waals surface area contributed by atoms with Crippen molar-refractivity contribution in [2.24, 2.45) is 11.8 Å². The molecular weight excluding hydrogens is 472 g/mol. The van der Waals surface area contributed by atoms with Crippen molar-refractivity contribution in [3.63, 3.8) is 0 Å². The van der Waals surface area contributed by atoms with Crippen LogP contribution in [0.25, 0.3) is 0 Å². The number of benzene rings is 1. The molecule has 1 aromatic carbocycles. The summed E-state index contributed by atoms with van der Waals surface area (Å²) >= 11 is 5.60. The lowest BCUT2D eigenvalue weighted by molar-refractivity contribution is -0.151. The maximum Gasteiger partial charge on any atom is 0.414 e. The summed E-state index contributed by atoms with van der Waals surface area (Å²) in [4.78, 5) is 12.1. The van der Waals surface area contributed by atoms with Gasteiger partial charge >= 0.3 is 12.3 Å². The molecule has 1 amide bonds. The fraction of sp³-hybridized carbons (Fsp3) is 0.550. The van der Waals surface area contributed by atoms with Gasteiger partial charge in [0.1, 0.15) is 11.6 Å². The zero-order valence-corrected chi connectivity index (χ0v) is 18.0. The minimum absolute atomic E-state index is 0.0347. The molecule has 4 rings (SSSR count). The molecule has 1 aliphatic heterocycles. The van der Waals surface area contributed by atoms with Crippen LogP contribution >= 0.6 is 11.6 Å². The monoisotopic (exact) mass is 492 g/mol. The Labute approximate surface area is 191 Å². The maximum absolute atomic E-state index is 13.4. The van der Waals surface area contributed by atoms with Gasteiger partial charge in [0.2, 0.25) is 5.89 Å². The summed E-state index contributed by atoms with van der Waals surface area (Å²) in [5.74, 6) is -2.44. The number of aromatic nitrogens is 2. The molecule has 2 aromatic rings. The van der Waals surface area contributed by atoms with Gasteiger partial charge in [-0.15, -0.1) is 5.10 Å². The minimum Gasteiger partial charge on any atom is -0.484 e. The molecule has 4 atom stereocenters. The third kappa shape index (κ3) is 6.26. The number of amides is 1. The number of halogens is 5. The van der Waals surface area contributed by atoms with Gasteiger partial charge in [-0.1, -0.05) is 16.7 Å². The van der Waals surface area contributed by atoms with Gasteiger partial charge in [-0.2, -0.15) is 13.2 Å². The summed E-state index contributed by atoms with van der Waals surface area (Å²) in [6, 6.07) is 3.48. The first-order chi connectivity index (χ1) is 15.7. The number of nitrogens with one attached hydrogen (secondary N) is 2. The Balaban J connectivity index is 1.16. The van der Waals surface area contributed by atoms with Crippen molar-refractivity contribution in [1.29, 1.82) is 0 Å². The molecule has 0 radical (unpaired) electrons. The molecule has 33 heavy (non-hydrogen) atoms. The number of nitrogens with zero attached hydrogens (tertiary/aromatic N) is 2. The second-order valence-electron chi connectivity index (χ2n) is 8.03. The summed E-state index contributed by atoms with van der Waals surface area (Å²) in [7, 11) is 0. The molecule has 1 aromatic heterocycles. The normalized spacial score (nSPS) is 24.9. The van der Waals surface area contributed by atoms with E-state index in [2.05, 4.69) is 20.8 Å². The molecule has 0 spiro atoms. The van der Waals surface area contributed by atoms with Crippen LogP contribution in [0.4, 0.5) is 17.6 Å². The standard InChI is InChI=1S/C20H21ClF4N4O4/c21-14-3-2-12(6-15(14)22)31-9-17(30)27-11-1-4-16(26-7-11)18-28-29-19(33-18)32-8-10-5-13(10)20(23,24)25/h2-3,6,10-11,13,16,26H,1,4-5,7-9H2,(H,27,30)/t10?,11-,13?,16+/m0/s1. The number of carbonyl (C=O) groups excluding carboxylic acids is 1. The lowest BCUT2D eigenvalue weighted by Gasteiger charge is -2.28. The van der Waals surface area contributed by atoms with E-state index in [1.165, 1.54) is 12.1 Å². The molecular formula is C20H21ClF4N4O4. The average molecular weight is 493 g/mol. The van der Waals surface area contributed by atoms with Crippen LogP contribution in [0.5, 0.6) is 11.8 Å². The van der Waals surface area contributed by atoms with Gasteiger partial charge < -0.3 is 24.5 Å². The highest BCUT2D eigenvalue weighted by atomic mass is 35.5. The quantitative estimate of drug-likeness (QED) is 0.545. The highest BCUT2D eigenvalue weighted by Crippen LogP contribution is 2.50. The van der Waals surface area contributed by atoms with Gasteiger partial charge in [-0.25, -0.2) is 4.39 Å². The van der Waals surface area contributed by atoms with Crippen molar-refractivity contribution >= 4 is 17.5 Å². The van der Waals surface area contributed by atoms with Crippen molar-refractivity contribution in [1.82, 2.24) is 20.8 Å². The highest BCUT2D eigenvalue weighted by molar-refractivity contribution is 6.30. The number of piperidine rings is 1. The van der Waals surface area contributed by atoms with Crippen molar-refractivity contribution in [2.75, 3.05) is 19.8 Å². The molecule has 0 bridgehead atoms. The summed E-state index contributed by atoms with van der Waals surface area (Å²) in [5.41, 5.74) is 0. The minimum atomic E-state index is -4.20. The molecule has 13 heteroatoms. The lowest BCUT2D eigenvalue weighted by Crippen LogP contribution is -2.48. The van der Waals surface area contributed by atoms with Crippen LogP contribution in [0.15, 0.2) is 22.6 Å². The Morgan fingerprint density at radius 1 is 1.27 bits per heavy atom. The van der Waals surface area contributed by atoms with Crippen LogP contribution in [-0.2, 0) is 4.79 Å². The van der Waals surface area contributed by atoms with E-state index in [0.717, 1.165) is 6.07 Å². The van der Waals surface area contributed by atoms with Gasteiger partial charge in [0, 0.05) is 24.6 Å². The van der Waals surface area contributed by atoms with Gasteiger partial charge in [-0.05, 0) is 31.4 Å². The van der Waals surface area contributed by atoms with E-state index in [0.29, 0.717) is 19.4 Å². The molecule has 2 heterocycles. The first-order valence-electron chi connectivity index (χ1n) is 10.3. The number of hydrogen-bond acceptors (Lipinski definition) is 7. The topological polar surface area (TPSA) is 98.5 Å². The Kier molecular flexibility index (Phi) is 6.94. The van der Waals surface area contributed by atoms with Crippen LogP contribution in [0, 0.1) is 17.7 Å². The third-order valence-corrected chi connectivity index (χ3v) is 5.83. The number of carbonyl (C=O) groups is 1. The predicted molar refractivity (Wildman–Crippen MR) is 106 cm³/mol. The zero-order chi connectivity index (χ0) is 23.6. The van der Waals surface area contributed by atoms with Crippen molar-refractivity contribution in [3.8, 4) is 11.8 Å². The van der Waals surface area contributed by atoms with Crippen LogP contribution in [0.1, 0.15) is 31.2 Å². The molecule has 1 saturated heterocycles. The molecule has 2 N–H and O–H groups in total. The predicted octanol–water partition coefficient (Wildman–Crippen LogP) is 3.43. The van der Waals surface area contributed by atoms with Crippen molar-refractivity contribution < 1.29 is 36.2 Å². The van der Waals surface area contributed by atoms with E-state index < -0.39 is 23.8 Å². The van der Waals surface area contributed by atoms with Crippen LogP contribution in [0.3, 0.4) is 0 Å². The van der Waals surface area contributed by atoms with E-state index >= 15 is 0 Å². The van der Waals surface area contributed by atoms with E-state index in [-0.39, 0.29) is 60.4 Å². The molecule has 8 nitrogen and oxygen atoms in total. The maximum atomic E-state index is 13.4. The molecule has 180 valence electrons. The largest absolute Gasteiger partial charge is 0.484 e. The first-order valence-corrected chi connectivity index (χ1v) is 10.7. The summed E-state index contributed by atoms with van der Waals surface area (Å²) in [5, 5.41) is 13.6. The number of alkyl halides is 3. The highest BCUT2D eigenvalue weighted by Gasteiger charge is 2.56. The number of ether oxygens (including phenoxy) is 2. The third-order valence-electron chi connectivity index (χ3n) is 5.52. The fourth-order valence-electron chi connectivity index (χ4n) is 3.61. The molecule has 2 unspecified atom stereocenters. The van der Waals surface area contributed by atoms with E-state index in [1.54, 1.807) is 0 Å². The zero-order valence-electron chi connectivity index (χ0n) is 17.2. The van der Waals surface area contributed by atoms with Crippen molar-refractivity contribution in [3.05, 3.63) is 34.9 Å². The lowest BCUT2D eigenvalue weighted by atomic mass is 10.0. The first kappa shape index (κ1) is 23.6. The number of rotatable bonds is 8. The summed E-state index contributed by atoms with van der Waals surface area (Å²) < 4.78 is 67.0. The molecule has 1 aliphatic carbocycles. The SMILES string of the molecule is O=C(COc1ccc(Cl)c(F)c1)N[C@H]1CC[C@H](c2nnc(OCC3CC3C(F)(F)F)o2)NC1. The Hall–Kier alpha value is -2.60. The van der Waals surface area contributed by atoms with E-state index in [9.17, 15) is 22.4 Å². The van der Waals surface area contributed by atoms with Crippen molar-refractivity contribution in [2.45, 2.75) is 37.5 Å². The molecule has 1 saturated carbocycles. The summed E-state index contributed by atoms with van der Waals surface area (Å²) in [6.07, 6.45) is -3.12. The average Bonchev–Trinajstić information content (AvgIpc) is 3.43. The number of hydrogen-bond donors (Lipinski definition) is 2. The Morgan fingerprint density at radius 2 is 2.09 bits per heavy atom. The van der Waals surface area contributed by atoms with Gasteiger partial charge in [0.25, 0.3) is 5.91 Å². The van der Waals surface area contributed by atoms with Crippen LogP contribution in [0.2, 0.25) is 5.02 Å². The summed E-state index contributed by atoms with van der Waals surface area (Å²) in [6.45, 7) is 0.0319. The van der Waals surface area contributed by atoms with Gasteiger partial charge in [-0.3, -0.25) is 4.79 Å². The van der Waals surface area contributed by atoms with Crippen LogP contribution < -0.4 is 20.1 Å². The van der Waals surface area contributed by atoms with E-state index in [1.807, 2.05) is 0 Å². The second kappa shape index (κ2) is 9.72. The Bertz CT molecular complexity index is 981.